The summed E-state index contributed by atoms with van der Waals surface area (Å²) in [4.78, 5) is 0. The lowest BCUT2D eigenvalue weighted by Crippen LogP contribution is -1.88. The van der Waals surface area contributed by atoms with Gasteiger partial charge in [0.1, 0.15) is 22.3 Å². The molecule has 14 aromatic carbocycles. The highest BCUT2D eigenvalue weighted by Gasteiger charge is 2.29. The van der Waals surface area contributed by atoms with Gasteiger partial charge in [0.05, 0.1) is 0 Å². The summed E-state index contributed by atoms with van der Waals surface area (Å²) in [6, 6.07) is 65.6. The molecule has 0 N–H and O–H groups in total. The van der Waals surface area contributed by atoms with E-state index < -0.39 is 0 Å². The molecule has 0 radical (unpaired) electrons. The van der Waals surface area contributed by atoms with Gasteiger partial charge in [0.25, 0.3) is 0 Å². The summed E-state index contributed by atoms with van der Waals surface area (Å²) in [6.07, 6.45) is 0. The van der Waals surface area contributed by atoms with Crippen LogP contribution in [0.4, 0.5) is 0 Å². The molecule has 0 fully saturated rings. The van der Waals surface area contributed by atoms with Crippen molar-refractivity contribution in [3.8, 4) is 22.3 Å². The molecule has 0 saturated carbocycles. The molecule has 63 heavy (non-hydrogen) atoms. The molecule has 2 heteroatoms. The third-order valence-electron chi connectivity index (χ3n) is 14.8. The summed E-state index contributed by atoms with van der Waals surface area (Å²) in [5.74, 6) is 0. The highest BCUT2D eigenvalue weighted by Crippen LogP contribution is 2.58. The van der Waals surface area contributed by atoms with Crippen LogP contribution >= 0.6 is 0 Å². The zero-order chi connectivity index (χ0) is 40.8. The minimum Gasteiger partial charge on any atom is -0.456 e. The van der Waals surface area contributed by atoms with Gasteiger partial charge in [0.15, 0.2) is 0 Å². The molecule has 16 rings (SSSR count). The van der Waals surface area contributed by atoms with Gasteiger partial charge in [0.2, 0.25) is 0 Å². The molecule has 0 atom stereocenters. The van der Waals surface area contributed by atoms with Gasteiger partial charge in [-0.15, -0.1) is 0 Å². The van der Waals surface area contributed by atoms with Crippen LogP contribution in [0.5, 0.6) is 0 Å². The van der Waals surface area contributed by atoms with Crippen LogP contribution < -0.4 is 0 Å². The summed E-state index contributed by atoms with van der Waals surface area (Å²) < 4.78 is 12.9. The van der Waals surface area contributed by atoms with Crippen LogP contribution in [-0.2, 0) is 0 Å². The Morgan fingerprint density at radius 2 is 0.651 bits per heavy atom. The van der Waals surface area contributed by atoms with Crippen molar-refractivity contribution in [3.05, 3.63) is 181 Å². The lowest BCUT2D eigenvalue weighted by molar-refractivity contribution is 0.668. The monoisotopic (exact) mass is 796 g/mol. The highest BCUT2D eigenvalue weighted by atomic mass is 16.3. The van der Waals surface area contributed by atoms with Gasteiger partial charge < -0.3 is 8.83 Å². The minimum atomic E-state index is 0.904. The first-order valence-corrected chi connectivity index (χ1v) is 21.9. The zero-order valence-corrected chi connectivity index (χ0v) is 34.1. The van der Waals surface area contributed by atoms with E-state index in [1.807, 2.05) is 0 Å². The molecule has 0 saturated heterocycles. The van der Waals surface area contributed by atoms with Crippen molar-refractivity contribution < 1.29 is 8.83 Å². The summed E-state index contributed by atoms with van der Waals surface area (Å²) >= 11 is 0. The van der Waals surface area contributed by atoms with E-state index in [-0.39, 0.29) is 0 Å². The Labute approximate surface area is 358 Å². The van der Waals surface area contributed by atoms with Gasteiger partial charge in [-0.1, -0.05) is 140 Å². The van der Waals surface area contributed by atoms with E-state index in [2.05, 4.69) is 183 Å². The number of aryl methyl sites for hydroxylation is 1. The van der Waals surface area contributed by atoms with Crippen LogP contribution in [-0.4, -0.2) is 0 Å². The summed E-state index contributed by atoms with van der Waals surface area (Å²) in [7, 11) is 0. The smallest absolute Gasteiger partial charge is 0.135 e. The van der Waals surface area contributed by atoms with E-state index in [0.29, 0.717) is 0 Å². The first-order chi connectivity index (χ1) is 31.2. The maximum Gasteiger partial charge on any atom is 0.135 e. The Hall–Kier alpha value is -8.20. The molecular formula is C61H32O2. The minimum absolute atomic E-state index is 0.904. The summed E-state index contributed by atoms with van der Waals surface area (Å²) in [6.45, 7) is 2.25. The molecule has 0 unspecified atom stereocenters. The zero-order valence-electron chi connectivity index (χ0n) is 34.1. The first-order valence-electron chi connectivity index (χ1n) is 21.9. The number of para-hydroxylation sites is 2. The molecule has 288 valence electrons. The molecule has 0 spiro atoms. The summed E-state index contributed by atoms with van der Waals surface area (Å²) in [5, 5.41) is 28.1. The molecule has 0 aliphatic rings. The van der Waals surface area contributed by atoms with E-state index >= 15 is 0 Å². The van der Waals surface area contributed by atoms with Crippen molar-refractivity contribution in [1.29, 1.82) is 0 Å². The number of benzene rings is 12. The molecule has 0 aliphatic heterocycles. The normalized spacial score (nSPS) is 12.8. The molecule has 0 aliphatic carbocycles. The lowest BCUT2D eigenvalue weighted by Gasteiger charge is -2.16. The number of fused-ring (bicyclic) bond motifs is 14. The van der Waals surface area contributed by atoms with Crippen LogP contribution in [0, 0.1) is 6.92 Å². The Morgan fingerprint density at radius 3 is 1.24 bits per heavy atom. The third-order valence-corrected chi connectivity index (χ3v) is 14.8. The number of rotatable bonds is 2. The van der Waals surface area contributed by atoms with Crippen LogP contribution in [0.15, 0.2) is 185 Å². The van der Waals surface area contributed by atoms with Crippen molar-refractivity contribution in [2.45, 2.75) is 6.92 Å². The molecule has 16 aromatic rings. The Bertz CT molecular complexity index is 4420. The molecule has 0 amide bonds. The third kappa shape index (κ3) is 3.88. The predicted octanol–water partition coefficient (Wildman–Crippen LogP) is 17.8. The van der Waals surface area contributed by atoms with Gasteiger partial charge in [0, 0.05) is 21.5 Å². The average Bonchev–Trinajstić information content (AvgIpc) is 4.08. The van der Waals surface area contributed by atoms with E-state index in [9.17, 15) is 0 Å². The number of hydrogen-bond acceptors (Lipinski definition) is 2. The predicted molar refractivity (Wildman–Crippen MR) is 268 cm³/mol. The molecule has 2 nitrogen and oxygen atoms in total. The molecular weight excluding hydrogens is 765 g/mol. The highest BCUT2D eigenvalue weighted by molar-refractivity contribution is 6.49. The lowest BCUT2D eigenvalue weighted by atomic mass is 9.86. The maximum absolute atomic E-state index is 6.46. The second-order valence-electron chi connectivity index (χ2n) is 17.8. The van der Waals surface area contributed by atoms with Gasteiger partial charge >= 0.3 is 0 Å². The summed E-state index contributed by atoms with van der Waals surface area (Å²) in [5.41, 5.74) is 9.85. The van der Waals surface area contributed by atoms with Gasteiger partial charge in [-0.2, -0.15) is 0 Å². The standard InChI is InChI=1S/C61H32O2/c1-31-19-22-43-55-35(31)13-8-16-42(55)58-53(33-20-27-50-46(29-33)36-11-2-4-17-48(36)62-50)60-44-25-23-40-38-14-6-9-32-10-7-15-39(52(32)38)41-24-26-45(57(44)56(40)41)61(60)54(59(43)58)34-21-28-51-47(30-34)37-12-3-5-18-49(37)63-51/h2-30H,1H3. The van der Waals surface area contributed by atoms with E-state index in [1.165, 1.54) is 125 Å². The quantitative estimate of drug-likeness (QED) is 0.129. The second kappa shape index (κ2) is 11.2. The van der Waals surface area contributed by atoms with Crippen LogP contribution in [0.25, 0.3) is 163 Å². The number of hydrogen-bond donors (Lipinski definition) is 0. The molecule has 2 heterocycles. The van der Waals surface area contributed by atoms with E-state index in [1.54, 1.807) is 0 Å². The number of furan rings is 2. The Balaban J connectivity index is 1.20. The fraction of sp³-hybridized carbons (Fsp3) is 0.0164. The SMILES string of the molecule is Cc1ccc2c3c(-c4ccc5oc6ccccc6c5c4)c4c5ccc6c7cccc8cccc(c9ccc(c4c(-c4ccc%10oc%11ccccc%11c%10c4)c3c3cccc1c32)c5c96)c87. The molecule has 0 bridgehead atoms. The van der Waals surface area contributed by atoms with Crippen LogP contribution in [0.3, 0.4) is 0 Å². The van der Waals surface area contributed by atoms with Crippen molar-refractivity contribution in [1.82, 2.24) is 0 Å². The van der Waals surface area contributed by atoms with Gasteiger partial charge in [-0.25, -0.2) is 0 Å². The van der Waals surface area contributed by atoms with Crippen molar-refractivity contribution in [2.24, 2.45) is 0 Å². The Kier molecular flexibility index (Phi) is 5.78. The van der Waals surface area contributed by atoms with Gasteiger partial charge in [-0.05, 0) is 168 Å². The largest absolute Gasteiger partial charge is 0.456 e. The van der Waals surface area contributed by atoms with Crippen LogP contribution in [0.1, 0.15) is 5.56 Å². The van der Waals surface area contributed by atoms with E-state index in [0.717, 1.165) is 43.9 Å². The topological polar surface area (TPSA) is 26.3 Å². The van der Waals surface area contributed by atoms with Crippen molar-refractivity contribution in [3.63, 3.8) is 0 Å². The Morgan fingerprint density at radius 1 is 0.254 bits per heavy atom. The molecule has 2 aromatic heterocycles. The fourth-order valence-corrected chi connectivity index (χ4v) is 12.3. The fourth-order valence-electron chi connectivity index (χ4n) is 12.3. The maximum atomic E-state index is 6.46. The second-order valence-corrected chi connectivity index (χ2v) is 17.8. The van der Waals surface area contributed by atoms with Crippen molar-refractivity contribution >= 4 is 141 Å². The van der Waals surface area contributed by atoms with E-state index in [4.69, 9.17) is 8.83 Å². The van der Waals surface area contributed by atoms with Crippen molar-refractivity contribution in [2.75, 3.05) is 0 Å². The first kappa shape index (κ1) is 32.6. The van der Waals surface area contributed by atoms with Crippen LogP contribution in [0.2, 0.25) is 0 Å². The average molecular weight is 797 g/mol. The van der Waals surface area contributed by atoms with Gasteiger partial charge in [-0.3, -0.25) is 0 Å².